The summed E-state index contributed by atoms with van der Waals surface area (Å²) < 4.78 is 0. The van der Waals surface area contributed by atoms with E-state index in [9.17, 15) is 14.4 Å². The monoisotopic (exact) mass is 442 g/mol. The maximum Gasteiger partial charge on any atom is 0.251 e. The molecule has 5 nitrogen and oxygen atoms in total. The lowest BCUT2D eigenvalue weighted by Crippen LogP contribution is -2.60. The van der Waals surface area contributed by atoms with Crippen LogP contribution in [0.3, 0.4) is 0 Å². The lowest BCUT2D eigenvalue weighted by molar-refractivity contribution is -0.128. The first-order chi connectivity index (χ1) is 15.4. The molecular weight excluding hydrogens is 424 g/mol. The first kappa shape index (κ1) is 19.4. The van der Waals surface area contributed by atoms with E-state index in [4.69, 9.17) is 11.6 Å². The zero-order chi connectivity index (χ0) is 22.3. The summed E-state index contributed by atoms with van der Waals surface area (Å²) in [4.78, 5) is 44.3. The summed E-state index contributed by atoms with van der Waals surface area (Å²) in [6.07, 6.45) is 0. The van der Waals surface area contributed by atoms with Crippen molar-refractivity contribution in [1.82, 2.24) is 4.90 Å². The normalized spacial score (nSPS) is 25.4. The number of fused-ring (bicyclic) bond motifs is 4. The summed E-state index contributed by atoms with van der Waals surface area (Å²) in [6.45, 7) is 0.370. The minimum Gasteiger partial charge on any atom is -0.324 e. The van der Waals surface area contributed by atoms with Gasteiger partial charge in [-0.3, -0.25) is 19.3 Å². The standard InChI is InChI=1S/C26H19ClN2O3/c1-29-14-20(15-10-12-16(27)13-11-15)25(22(30)17-6-2-3-7-18(17)23(25)31)26(29)19-8-4-5-9-21(19)28-24(26)32/h2-13,20H,14H2,1H3,(H,28,32)/t20-,26-/m1/s1. The van der Waals surface area contributed by atoms with Gasteiger partial charge in [0.25, 0.3) is 5.91 Å². The number of anilines is 1. The van der Waals surface area contributed by atoms with E-state index in [1.165, 1.54) is 0 Å². The average Bonchev–Trinajstić information content (AvgIpc) is 3.34. The number of likely N-dealkylation sites (N-methyl/N-ethyl adjacent to an activating group) is 1. The average molecular weight is 443 g/mol. The molecule has 2 aliphatic heterocycles. The van der Waals surface area contributed by atoms with E-state index in [0.717, 1.165) is 5.56 Å². The summed E-state index contributed by atoms with van der Waals surface area (Å²) in [5.41, 5.74) is -0.191. The zero-order valence-corrected chi connectivity index (χ0v) is 18.0. The number of hydrogen-bond donors (Lipinski definition) is 1. The van der Waals surface area contributed by atoms with Gasteiger partial charge in [0.2, 0.25) is 0 Å². The Bertz CT molecular complexity index is 1300. The molecule has 2 heterocycles. The van der Waals surface area contributed by atoms with Crippen molar-refractivity contribution in [2.45, 2.75) is 11.5 Å². The summed E-state index contributed by atoms with van der Waals surface area (Å²) in [6, 6.07) is 21.5. The number of rotatable bonds is 1. The van der Waals surface area contributed by atoms with Crippen molar-refractivity contribution in [3.05, 3.63) is 100 Å². The molecule has 1 aliphatic carbocycles. The van der Waals surface area contributed by atoms with Crippen molar-refractivity contribution in [3.63, 3.8) is 0 Å². The van der Waals surface area contributed by atoms with Crippen LogP contribution < -0.4 is 5.32 Å². The largest absolute Gasteiger partial charge is 0.324 e. The predicted molar refractivity (Wildman–Crippen MR) is 121 cm³/mol. The number of nitrogens with one attached hydrogen (secondary N) is 1. The van der Waals surface area contributed by atoms with Gasteiger partial charge in [-0.05, 0) is 30.8 Å². The third-order valence-electron chi connectivity index (χ3n) is 7.42. The molecule has 3 aliphatic rings. The highest BCUT2D eigenvalue weighted by atomic mass is 35.5. The molecule has 3 aromatic carbocycles. The Morgan fingerprint density at radius 3 is 2.12 bits per heavy atom. The first-order valence-electron chi connectivity index (χ1n) is 10.5. The lowest BCUT2D eigenvalue weighted by atomic mass is 9.58. The molecule has 1 saturated heterocycles. The number of halogens is 1. The van der Waals surface area contributed by atoms with Crippen LogP contribution >= 0.6 is 11.6 Å². The van der Waals surface area contributed by atoms with Crippen LogP contribution in [0, 0.1) is 5.41 Å². The van der Waals surface area contributed by atoms with Crippen LogP contribution in [0.25, 0.3) is 0 Å². The molecule has 1 amide bonds. The molecule has 1 fully saturated rings. The Morgan fingerprint density at radius 1 is 0.875 bits per heavy atom. The number of likely N-dealkylation sites (tertiary alicyclic amines) is 1. The van der Waals surface area contributed by atoms with Gasteiger partial charge in [0.1, 0.15) is 11.0 Å². The highest BCUT2D eigenvalue weighted by Gasteiger charge is 2.78. The minimum atomic E-state index is -1.62. The molecule has 158 valence electrons. The van der Waals surface area contributed by atoms with Crippen molar-refractivity contribution in [2.24, 2.45) is 5.41 Å². The summed E-state index contributed by atoms with van der Waals surface area (Å²) in [7, 11) is 1.82. The molecule has 6 heteroatoms. The molecule has 2 atom stereocenters. The van der Waals surface area contributed by atoms with Gasteiger partial charge in [-0.25, -0.2) is 0 Å². The minimum absolute atomic E-state index is 0.297. The molecule has 2 spiro atoms. The molecule has 6 rings (SSSR count). The van der Waals surface area contributed by atoms with Crippen molar-refractivity contribution in [1.29, 1.82) is 0 Å². The molecule has 1 N–H and O–H groups in total. The topological polar surface area (TPSA) is 66.5 Å². The molecule has 3 aromatic rings. The maximum atomic E-state index is 14.3. The van der Waals surface area contributed by atoms with Crippen molar-refractivity contribution in [2.75, 3.05) is 18.9 Å². The fourth-order valence-electron chi connectivity index (χ4n) is 6.22. The Labute approximate surface area is 190 Å². The van der Waals surface area contributed by atoms with E-state index >= 15 is 0 Å². The SMILES string of the molecule is CN1C[C@H](c2ccc(Cl)cc2)C2(C(=O)c3ccccc3C2=O)[C@@]12C(=O)Nc1ccccc12. The number of amides is 1. The highest BCUT2D eigenvalue weighted by Crippen LogP contribution is 2.66. The first-order valence-corrected chi connectivity index (χ1v) is 10.9. The van der Waals surface area contributed by atoms with Crippen LogP contribution in [-0.2, 0) is 10.3 Å². The quantitative estimate of drug-likeness (QED) is 0.571. The summed E-state index contributed by atoms with van der Waals surface area (Å²) >= 11 is 6.13. The number of para-hydroxylation sites is 1. The van der Waals surface area contributed by atoms with E-state index in [2.05, 4.69) is 5.32 Å². The van der Waals surface area contributed by atoms with Crippen LogP contribution in [0.1, 0.15) is 37.8 Å². The van der Waals surface area contributed by atoms with Gasteiger partial charge in [-0.2, -0.15) is 0 Å². The second kappa shape index (κ2) is 6.37. The third kappa shape index (κ3) is 2.01. The Morgan fingerprint density at radius 2 is 1.47 bits per heavy atom. The molecule has 32 heavy (non-hydrogen) atoms. The van der Waals surface area contributed by atoms with Gasteiger partial charge in [-0.1, -0.05) is 66.2 Å². The molecule has 0 bridgehead atoms. The van der Waals surface area contributed by atoms with Gasteiger partial charge < -0.3 is 5.32 Å². The van der Waals surface area contributed by atoms with E-state index in [1.807, 2.05) is 48.3 Å². The Balaban J connectivity index is 1.72. The third-order valence-corrected chi connectivity index (χ3v) is 7.67. The smallest absolute Gasteiger partial charge is 0.251 e. The van der Waals surface area contributed by atoms with Crippen LogP contribution in [0.5, 0.6) is 0 Å². The van der Waals surface area contributed by atoms with E-state index in [0.29, 0.717) is 33.9 Å². The van der Waals surface area contributed by atoms with E-state index in [1.54, 1.807) is 36.4 Å². The fourth-order valence-corrected chi connectivity index (χ4v) is 6.34. The Kier molecular flexibility index (Phi) is 3.87. The van der Waals surface area contributed by atoms with Gasteiger partial charge in [0.05, 0.1) is 0 Å². The molecule has 0 saturated carbocycles. The second-order valence-electron chi connectivity index (χ2n) is 8.71. The van der Waals surface area contributed by atoms with Gasteiger partial charge >= 0.3 is 0 Å². The predicted octanol–water partition coefficient (Wildman–Crippen LogP) is 4.28. The molecule has 0 aromatic heterocycles. The van der Waals surface area contributed by atoms with Crippen LogP contribution in [0.4, 0.5) is 5.69 Å². The summed E-state index contributed by atoms with van der Waals surface area (Å²) in [5, 5.41) is 3.52. The number of nitrogens with zero attached hydrogens (tertiary/aromatic N) is 1. The highest BCUT2D eigenvalue weighted by molar-refractivity contribution is 6.34. The number of benzene rings is 3. The van der Waals surface area contributed by atoms with Crippen molar-refractivity contribution < 1.29 is 14.4 Å². The van der Waals surface area contributed by atoms with E-state index < -0.39 is 16.9 Å². The molecule has 0 unspecified atom stereocenters. The number of hydrogen-bond acceptors (Lipinski definition) is 4. The van der Waals surface area contributed by atoms with Crippen LogP contribution in [0.15, 0.2) is 72.8 Å². The van der Waals surface area contributed by atoms with Gasteiger partial charge in [-0.15, -0.1) is 0 Å². The molecular formula is C26H19ClN2O3. The zero-order valence-electron chi connectivity index (χ0n) is 17.3. The number of carbonyl (C=O) groups is 3. The van der Waals surface area contributed by atoms with Gasteiger partial charge in [0, 0.05) is 39.9 Å². The number of Topliss-reactive ketones (excluding diaryl/α,β-unsaturated/α-hetero) is 2. The number of carbonyl (C=O) groups excluding carboxylic acids is 3. The summed E-state index contributed by atoms with van der Waals surface area (Å²) in [5.74, 6) is -1.45. The van der Waals surface area contributed by atoms with Gasteiger partial charge in [0.15, 0.2) is 11.6 Å². The van der Waals surface area contributed by atoms with Crippen LogP contribution in [0.2, 0.25) is 5.02 Å². The molecule has 0 radical (unpaired) electrons. The van der Waals surface area contributed by atoms with Crippen LogP contribution in [-0.4, -0.2) is 36.0 Å². The lowest BCUT2D eigenvalue weighted by Gasteiger charge is -2.42. The maximum absolute atomic E-state index is 14.3. The van der Waals surface area contributed by atoms with Crippen molar-refractivity contribution >= 4 is 34.8 Å². The number of ketones is 2. The van der Waals surface area contributed by atoms with E-state index in [-0.39, 0.29) is 17.5 Å². The van der Waals surface area contributed by atoms with Crippen molar-refractivity contribution in [3.8, 4) is 0 Å². The second-order valence-corrected chi connectivity index (χ2v) is 9.14. The Hall–Kier alpha value is -3.28. The fraction of sp³-hybridized carbons (Fsp3) is 0.192.